The van der Waals surface area contributed by atoms with Crippen LogP contribution in [-0.2, 0) is 4.79 Å². The summed E-state index contributed by atoms with van der Waals surface area (Å²) >= 11 is 0. The van der Waals surface area contributed by atoms with Gasteiger partial charge in [0.2, 0.25) is 0 Å². The van der Waals surface area contributed by atoms with Crippen LogP contribution in [0.3, 0.4) is 0 Å². The summed E-state index contributed by atoms with van der Waals surface area (Å²) in [5.41, 5.74) is 1.12. The van der Waals surface area contributed by atoms with Crippen LogP contribution in [0.25, 0.3) is 0 Å². The molecule has 0 aliphatic heterocycles. The fourth-order valence-corrected chi connectivity index (χ4v) is 1.39. The Labute approximate surface area is 62.1 Å². The van der Waals surface area contributed by atoms with Gasteiger partial charge >= 0.3 is 0 Å². The molecule has 1 saturated carbocycles. The van der Waals surface area contributed by atoms with Crippen molar-refractivity contribution in [1.82, 2.24) is 0 Å². The zero-order chi connectivity index (χ0) is 7.72. The number of allylic oxidation sites excluding steroid dienone is 1. The van der Waals surface area contributed by atoms with Crippen LogP contribution in [0.1, 0.15) is 26.7 Å². The van der Waals surface area contributed by atoms with Crippen molar-refractivity contribution in [2.75, 3.05) is 0 Å². The Hall–Kier alpha value is -0.590. The van der Waals surface area contributed by atoms with E-state index in [1.165, 1.54) is 0 Å². The number of rotatable bonds is 0. The normalized spacial score (nSPS) is 34.6. The van der Waals surface area contributed by atoms with Gasteiger partial charge in [-0.2, -0.15) is 0 Å². The van der Waals surface area contributed by atoms with Crippen molar-refractivity contribution in [1.29, 1.82) is 0 Å². The third-order valence-electron chi connectivity index (χ3n) is 2.50. The van der Waals surface area contributed by atoms with Gasteiger partial charge in [0, 0.05) is 12.3 Å². The van der Waals surface area contributed by atoms with E-state index in [2.05, 4.69) is 13.5 Å². The summed E-state index contributed by atoms with van der Waals surface area (Å²) in [6, 6.07) is 0. The minimum Gasteiger partial charge on any atom is -0.299 e. The molecular weight excluding hydrogens is 124 g/mol. The van der Waals surface area contributed by atoms with Crippen LogP contribution in [0.2, 0.25) is 0 Å². The molecule has 0 heterocycles. The molecule has 0 radical (unpaired) electrons. The second-order valence-corrected chi connectivity index (χ2v) is 3.20. The number of Topliss-reactive ketones (excluding diaryl/α,β-unsaturated/α-hetero) is 1. The molecule has 0 bridgehead atoms. The molecule has 1 aliphatic rings. The highest BCUT2D eigenvalue weighted by Gasteiger charge is 2.25. The standard InChI is InChI=1S/C9H14O/c1-6-4-5-9(10)8(3)7(6)2/h6,8H,2,4-5H2,1,3H3. The fraction of sp³-hybridized carbons (Fsp3) is 0.667. The lowest BCUT2D eigenvalue weighted by Gasteiger charge is -2.25. The molecule has 0 aromatic rings. The highest BCUT2D eigenvalue weighted by molar-refractivity contribution is 5.84. The van der Waals surface area contributed by atoms with Crippen molar-refractivity contribution in [2.24, 2.45) is 11.8 Å². The first-order chi connectivity index (χ1) is 4.63. The predicted molar refractivity (Wildman–Crippen MR) is 41.7 cm³/mol. The largest absolute Gasteiger partial charge is 0.299 e. The van der Waals surface area contributed by atoms with Crippen molar-refractivity contribution in [3.8, 4) is 0 Å². The van der Waals surface area contributed by atoms with Crippen molar-refractivity contribution >= 4 is 5.78 Å². The lowest BCUT2D eigenvalue weighted by molar-refractivity contribution is -0.122. The number of ketones is 1. The smallest absolute Gasteiger partial charge is 0.139 e. The number of carbonyl (C=O) groups is 1. The Morgan fingerprint density at radius 3 is 2.60 bits per heavy atom. The van der Waals surface area contributed by atoms with E-state index in [-0.39, 0.29) is 5.92 Å². The molecule has 1 nitrogen and oxygen atoms in total. The van der Waals surface area contributed by atoms with Gasteiger partial charge in [-0.15, -0.1) is 0 Å². The van der Waals surface area contributed by atoms with Crippen molar-refractivity contribution < 1.29 is 4.79 Å². The van der Waals surface area contributed by atoms with Crippen molar-refractivity contribution in [2.45, 2.75) is 26.7 Å². The van der Waals surface area contributed by atoms with E-state index >= 15 is 0 Å². The Morgan fingerprint density at radius 1 is 1.50 bits per heavy atom. The molecule has 0 N–H and O–H groups in total. The van der Waals surface area contributed by atoms with Crippen molar-refractivity contribution in [3.05, 3.63) is 12.2 Å². The maximum absolute atomic E-state index is 11.1. The average Bonchev–Trinajstić information content (AvgIpc) is 1.93. The topological polar surface area (TPSA) is 17.1 Å². The predicted octanol–water partition coefficient (Wildman–Crippen LogP) is 2.18. The average molecular weight is 138 g/mol. The van der Waals surface area contributed by atoms with Crippen LogP contribution in [0, 0.1) is 11.8 Å². The molecule has 0 saturated heterocycles. The summed E-state index contributed by atoms with van der Waals surface area (Å²) in [5.74, 6) is 1.03. The van der Waals surface area contributed by atoms with E-state index in [0.29, 0.717) is 11.7 Å². The Bertz CT molecular complexity index is 170. The van der Waals surface area contributed by atoms with Gasteiger partial charge in [-0.05, 0) is 12.3 Å². The SMILES string of the molecule is C=C1C(C)CCC(=O)C1C. The first kappa shape index (κ1) is 7.52. The van der Waals surface area contributed by atoms with Gasteiger partial charge in [0.05, 0.1) is 0 Å². The van der Waals surface area contributed by atoms with Crippen LogP contribution in [0.5, 0.6) is 0 Å². The number of carbonyl (C=O) groups excluding carboxylic acids is 1. The van der Waals surface area contributed by atoms with Gasteiger partial charge in [0.1, 0.15) is 5.78 Å². The monoisotopic (exact) mass is 138 g/mol. The summed E-state index contributed by atoms with van der Waals surface area (Å²) in [6.45, 7) is 8.01. The van der Waals surface area contributed by atoms with Crippen LogP contribution < -0.4 is 0 Å². The summed E-state index contributed by atoms with van der Waals surface area (Å²) in [7, 11) is 0. The highest BCUT2D eigenvalue weighted by Crippen LogP contribution is 2.29. The number of hydrogen-bond donors (Lipinski definition) is 0. The van der Waals surface area contributed by atoms with Gasteiger partial charge in [0.15, 0.2) is 0 Å². The summed E-state index contributed by atoms with van der Waals surface area (Å²) in [5, 5.41) is 0. The first-order valence-electron chi connectivity index (χ1n) is 3.84. The van der Waals surface area contributed by atoms with E-state index in [9.17, 15) is 4.79 Å². The van der Waals surface area contributed by atoms with Gasteiger partial charge in [0.25, 0.3) is 0 Å². The van der Waals surface area contributed by atoms with Gasteiger partial charge in [-0.3, -0.25) is 4.79 Å². The molecule has 1 fully saturated rings. The van der Waals surface area contributed by atoms with Crippen LogP contribution in [0.4, 0.5) is 0 Å². The van der Waals surface area contributed by atoms with E-state index in [1.54, 1.807) is 0 Å². The van der Waals surface area contributed by atoms with E-state index < -0.39 is 0 Å². The quantitative estimate of drug-likeness (QED) is 0.469. The maximum Gasteiger partial charge on any atom is 0.139 e. The minimum absolute atomic E-state index is 0.115. The fourth-order valence-electron chi connectivity index (χ4n) is 1.39. The van der Waals surface area contributed by atoms with E-state index in [4.69, 9.17) is 0 Å². The minimum atomic E-state index is 0.115. The molecule has 0 amide bonds. The first-order valence-corrected chi connectivity index (χ1v) is 3.84. The van der Waals surface area contributed by atoms with Crippen LogP contribution in [0.15, 0.2) is 12.2 Å². The molecule has 2 atom stereocenters. The molecule has 56 valence electrons. The zero-order valence-electron chi connectivity index (χ0n) is 6.68. The van der Waals surface area contributed by atoms with Gasteiger partial charge < -0.3 is 0 Å². The molecule has 1 rings (SSSR count). The molecule has 0 aromatic carbocycles. The lowest BCUT2D eigenvalue weighted by atomic mass is 9.79. The molecule has 10 heavy (non-hydrogen) atoms. The molecule has 1 heteroatoms. The molecule has 1 aliphatic carbocycles. The van der Waals surface area contributed by atoms with Gasteiger partial charge in [-0.25, -0.2) is 0 Å². The van der Waals surface area contributed by atoms with Gasteiger partial charge in [-0.1, -0.05) is 26.0 Å². The Morgan fingerprint density at radius 2 is 2.10 bits per heavy atom. The molecular formula is C9H14O. The zero-order valence-corrected chi connectivity index (χ0v) is 6.68. The third kappa shape index (κ3) is 1.13. The molecule has 0 spiro atoms. The Kier molecular flexibility index (Phi) is 1.93. The Balaban J connectivity index is 2.70. The third-order valence-corrected chi connectivity index (χ3v) is 2.50. The second-order valence-electron chi connectivity index (χ2n) is 3.20. The van der Waals surface area contributed by atoms with Crippen molar-refractivity contribution in [3.63, 3.8) is 0 Å². The molecule has 0 aromatic heterocycles. The second kappa shape index (κ2) is 2.57. The summed E-state index contributed by atoms with van der Waals surface area (Å²) in [4.78, 5) is 11.1. The number of hydrogen-bond acceptors (Lipinski definition) is 1. The molecule has 2 unspecified atom stereocenters. The summed E-state index contributed by atoms with van der Waals surface area (Å²) < 4.78 is 0. The maximum atomic E-state index is 11.1. The lowest BCUT2D eigenvalue weighted by Crippen LogP contribution is -2.23. The highest BCUT2D eigenvalue weighted by atomic mass is 16.1. The summed E-state index contributed by atoms with van der Waals surface area (Å²) in [6.07, 6.45) is 1.75. The van der Waals surface area contributed by atoms with Crippen LogP contribution >= 0.6 is 0 Å². The van der Waals surface area contributed by atoms with Crippen LogP contribution in [-0.4, -0.2) is 5.78 Å². The van der Waals surface area contributed by atoms with E-state index in [0.717, 1.165) is 18.4 Å². The van der Waals surface area contributed by atoms with E-state index in [1.807, 2.05) is 6.92 Å².